The molecule has 1 fully saturated rings. The number of amides is 1. The number of nitrogens with zero attached hydrogens (tertiary/aromatic N) is 2. The third-order valence-corrected chi connectivity index (χ3v) is 4.44. The lowest BCUT2D eigenvalue weighted by molar-refractivity contribution is -0.147. The zero-order valence-corrected chi connectivity index (χ0v) is 12.0. The normalized spacial score (nSPS) is 24.8. The quantitative estimate of drug-likeness (QED) is 0.780. The number of aromatic nitrogens is 1. The minimum absolute atomic E-state index is 0.0476. The highest BCUT2D eigenvalue weighted by molar-refractivity contribution is 5.96. The molecule has 2 unspecified atom stereocenters. The van der Waals surface area contributed by atoms with Crippen LogP contribution in [0.15, 0.2) is 12.1 Å². The van der Waals surface area contributed by atoms with Crippen LogP contribution < -0.4 is 5.73 Å². The van der Waals surface area contributed by atoms with Crippen molar-refractivity contribution >= 4 is 17.7 Å². The van der Waals surface area contributed by atoms with Gasteiger partial charge in [-0.15, -0.1) is 0 Å². The lowest BCUT2D eigenvalue weighted by atomic mass is 9.91. The number of piperidine rings is 1. The van der Waals surface area contributed by atoms with E-state index in [2.05, 4.69) is 4.98 Å². The Morgan fingerprint density at radius 3 is 2.95 bits per heavy atom. The third kappa shape index (κ3) is 2.46. The molecule has 3 rings (SSSR count). The number of methoxy groups -OCH3 is 1. The van der Waals surface area contributed by atoms with E-state index in [-0.39, 0.29) is 23.8 Å². The van der Waals surface area contributed by atoms with E-state index in [0.29, 0.717) is 17.9 Å². The molecule has 1 saturated heterocycles. The number of fused-ring (bicyclic) bond motifs is 2. The van der Waals surface area contributed by atoms with E-state index < -0.39 is 0 Å². The smallest absolute Gasteiger partial charge is 0.310 e. The van der Waals surface area contributed by atoms with Crippen LogP contribution in [0.25, 0.3) is 0 Å². The van der Waals surface area contributed by atoms with Gasteiger partial charge >= 0.3 is 5.97 Å². The molecule has 1 aromatic rings. The molecule has 21 heavy (non-hydrogen) atoms. The van der Waals surface area contributed by atoms with Crippen LogP contribution in [0.5, 0.6) is 0 Å². The zero-order valence-electron chi connectivity index (χ0n) is 12.0. The number of carbonyl (C=O) groups excluding carboxylic acids is 2. The molecule has 6 nitrogen and oxygen atoms in total. The Kier molecular flexibility index (Phi) is 3.53. The van der Waals surface area contributed by atoms with E-state index in [1.807, 2.05) is 4.90 Å². The summed E-state index contributed by atoms with van der Waals surface area (Å²) in [4.78, 5) is 30.6. The van der Waals surface area contributed by atoms with Gasteiger partial charge in [-0.2, -0.15) is 0 Å². The van der Waals surface area contributed by atoms with Crippen LogP contribution in [0.3, 0.4) is 0 Å². The van der Waals surface area contributed by atoms with E-state index >= 15 is 0 Å². The Hall–Kier alpha value is -2.11. The fourth-order valence-corrected chi connectivity index (χ4v) is 3.30. The Bertz CT molecular complexity index is 588. The second-order valence-electron chi connectivity index (χ2n) is 5.68. The van der Waals surface area contributed by atoms with Gasteiger partial charge in [0.2, 0.25) is 0 Å². The van der Waals surface area contributed by atoms with Crippen molar-refractivity contribution in [2.75, 3.05) is 19.4 Å². The molecule has 1 aromatic heterocycles. The first-order valence-corrected chi connectivity index (χ1v) is 7.24. The topological polar surface area (TPSA) is 85.5 Å². The molecule has 2 N–H and O–H groups in total. The molecular formula is C15H19N3O3. The lowest BCUT2D eigenvalue weighted by Gasteiger charge is -2.37. The first-order valence-electron chi connectivity index (χ1n) is 7.24. The van der Waals surface area contributed by atoms with E-state index in [9.17, 15) is 9.59 Å². The van der Waals surface area contributed by atoms with Crippen molar-refractivity contribution in [3.8, 4) is 0 Å². The monoisotopic (exact) mass is 289 g/mol. The molecular weight excluding hydrogens is 270 g/mol. The van der Waals surface area contributed by atoms with Crippen LogP contribution in [0, 0.1) is 5.92 Å². The number of pyridine rings is 1. The summed E-state index contributed by atoms with van der Waals surface area (Å²) in [6, 6.07) is 3.57. The van der Waals surface area contributed by atoms with Gasteiger partial charge in [-0.25, -0.2) is 4.98 Å². The fraction of sp³-hybridized carbons (Fsp3) is 0.533. The molecule has 2 aliphatic rings. The van der Waals surface area contributed by atoms with E-state index in [1.54, 1.807) is 12.1 Å². The summed E-state index contributed by atoms with van der Waals surface area (Å²) < 4.78 is 4.82. The summed E-state index contributed by atoms with van der Waals surface area (Å²) in [5, 5.41) is 0. The van der Waals surface area contributed by atoms with Crippen molar-refractivity contribution in [3.63, 3.8) is 0 Å². The van der Waals surface area contributed by atoms with Gasteiger partial charge in [0.15, 0.2) is 0 Å². The van der Waals surface area contributed by atoms with E-state index in [0.717, 1.165) is 31.4 Å². The number of hydrogen-bond acceptors (Lipinski definition) is 5. The van der Waals surface area contributed by atoms with Gasteiger partial charge in [0.1, 0.15) is 5.82 Å². The van der Waals surface area contributed by atoms with Gasteiger partial charge < -0.3 is 15.4 Å². The van der Waals surface area contributed by atoms with Crippen molar-refractivity contribution in [3.05, 3.63) is 23.4 Å². The maximum atomic E-state index is 12.7. The Morgan fingerprint density at radius 1 is 1.38 bits per heavy atom. The van der Waals surface area contributed by atoms with E-state index in [1.165, 1.54) is 7.11 Å². The minimum Gasteiger partial charge on any atom is -0.469 e. The molecule has 0 aliphatic carbocycles. The number of rotatable bonds is 1. The standard InChI is InChI=1S/C15H19N3O3/c1-21-15(20)9-2-3-10-4-6-12-11(5-7-13(16)17-12)14(19)18(10)8-9/h5,7,9-10H,2-4,6,8H2,1H3,(H2,16,17). The summed E-state index contributed by atoms with van der Waals surface area (Å²) in [6.45, 7) is 0.431. The van der Waals surface area contributed by atoms with Crippen LogP contribution in [0.2, 0.25) is 0 Å². The molecule has 0 bridgehead atoms. The largest absolute Gasteiger partial charge is 0.469 e. The minimum atomic E-state index is -0.235. The van der Waals surface area contributed by atoms with Crippen molar-refractivity contribution in [2.24, 2.45) is 5.92 Å². The van der Waals surface area contributed by atoms with Gasteiger partial charge in [0, 0.05) is 12.6 Å². The molecule has 0 spiro atoms. The highest BCUT2D eigenvalue weighted by Crippen LogP contribution is 2.31. The van der Waals surface area contributed by atoms with Crippen molar-refractivity contribution in [1.29, 1.82) is 0 Å². The molecule has 0 aromatic carbocycles. The predicted octanol–water partition coefficient (Wildman–Crippen LogP) is 1.00. The summed E-state index contributed by atoms with van der Waals surface area (Å²) in [7, 11) is 1.39. The van der Waals surface area contributed by atoms with Crippen molar-refractivity contribution in [2.45, 2.75) is 31.7 Å². The van der Waals surface area contributed by atoms with E-state index in [4.69, 9.17) is 10.5 Å². The molecule has 112 valence electrons. The van der Waals surface area contributed by atoms with Gasteiger partial charge in [-0.3, -0.25) is 9.59 Å². The molecule has 1 amide bonds. The highest BCUT2D eigenvalue weighted by atomic mass is 16.5. The fourth-order valence-electron chi connectivity index (χ4n) is 3.30. The van der Waals surface area contributed by atoms with Crippen LogP contribution in [0.1, 0.15) is 35.3 Å². The van der Waals surface area contributed by atoms with Crippen molar-refractivity contribution < 1.29 is 14.3 Å². The Morgan fingerprint density at radius 2 is 2.19 bits per heavy atom. The number of hydrogen-bond donors (Lipinski definition) is 1. The second kappa shape index (κ2) is 5.35. The first kappa shape index (κ1) is 13.9. The maximum absolute atomic E-state index is 12.7. The Balaban J connectivity index is 1.89. The summed E-state index contributed by atoms with van der Waals surface area (Å²) in [5.74, 6) is -0.0675. The number of ether oxygens (including phenoxy) is 1. The summed E-state index contributed by atoms with van der Waals surface area (Å²) in [5.41, 5.74) is 7.08. The SMILES string of the molecule is COC(=O)C1CCC2CCc3nc(N)ccc3C(=O)N2C1. The second-order valence-corrected chi connectivity index (χ2v) is 5.68. The Labute approximate surface area is 123 Å². The van der Waals surface area contributed by atoms with Crippen LogP contribution in [0.4, 0.5) is 5.82 Å². The molecule has 6 heteroatoms. The number of aryl methyl sites for hydroxylation is 1. The molecule has 2 atom stereocenters. The van der Waals surface area contributed by atoms with Crippen molar-refractivity contribution in [1.82, 2.24) is 9.88 Å². The zero-order chi connectivity index (χ0) is 15.0. The maximum Gasteiger partial charge on any atom is 0.310 e. The van der Waals surface area contributed by atoms with Crippen LogP contribution in [-0.2, 0) is 16.0 Å². The average Bonchev–Trinajstić information content (AvgIpc) is 2.63. The molecule has 2 aliphatic heterocycles. The van der Waals surface area contributed by atoms with Gasteiger partial charge in [-0.1, -0.05) is 0 Å². The number of carbonyl (C=O) groups is 2. The third-order valence-electron chi connectivity index (χ3n) is 4.44. The van der Waals surface area contributed by atoms with Gasteiger partial charge in [0.25, 0.3) is 5.91 Å². The number of nitrogens with two attached hydrogens (primary N) is 1. The molecule has 0 radical (unpaired) electrons. The van der Waals surface area contributed by atoms with Crippen LogP contribution in [-0.4, -0.2) is 41.5 Å². The average molecular weight is 289 g/mol. The molecule has 0 saturated carbocycles. The number of nitrogen functional groups attached to an aromatic ring is 1. The first-order chi connectivity index (χ1) is 10.1. The predicted molar refractivity (Wildman–Crippen MR) is 76.5 cm³/mol. The molecule has 3 heterocycles. The van der Waals surface area contributed by atoms with Gasteiger partial charge in [-0.05, 0) is 37.8 Å². The van der Waals surface area contributed by atoms with Crippen LogP contribution >= 0.6 is 0 Å². The number of esters is 1. The summed E-state index contributed by atoms with van der Waals surface area (Å²) in [6.07, 6.45) is 3.21. The summed E-state index contributed by atoms with van der Waals surface area (Å²) >= 11 is 0. The number of anilines is 1. The van der Waals surface area contributed by atoms with Gasteiger partial charge in [0.05, 0.1) is 24.3 Å². The highest BCUT2D eigenvalue weighted by Gasteiger charge is 2.38. The lowest BCUT2D eigenvalue weighted by Crippen LogP contribution is -2.48.